The maximum atomic E-state index is 10.9. The summed E-state index contributed by atoms with van der Waals surface area (Å²) in [6.45, 7) is 3.52. The molecule has 0 bridgehead atoms. The highest BCUT2D eigenvalue weighted by molar-refractivity contribution is 5.43. The standard InChI is InChI=1S/C21H28N2O4/c1-25-12-13-27-19-6-5-17(14-20(19)26-2)16-23-10-7-21(24,8-11-23)18-4-3-9-22-15-18/h3-6,9,14-15,24H,7-8,10-13,16H2,1-2H3. The highest BCUT2D eigenvalue weighted by Gasteiger charge is 2.34. The molecule has 1 aliphatic rings. The first-order valence-electron chi connectivity index (χ1n) is 9.28. The molecule has 1 aromatic carbocycles. The predicted octanol–water partition coefficient (Wildman–Crippen LogP) is 2.60. The van der Waals surface area contributed by atoms with Crippen molar-refractivity contribution in [3.63, 3.8) is 0 Å². The maximum Gasteiger partial charge on any atom is 0.161 e. The number of hydrogen-bond acceptors (Lipinski definition) is 6. The number of likely N-dealkylation sites (tertiary alicyclic amines) is 1. The van der Waals surface area contributed by atoms with Crippen LogP contribution in [0.4, 0.5) is 0 Å². The first-order chi connectivity index (χ1) is 13.1. The highest BCUT2D eigenvalue weighted by Crippen LogP contribution is 2.33. The molecule has 1 saturated heterocycles. The molecule has 0 amide bonds. The lowest BCUT2D eigenvalue weighted by molar-refractivity contribution is -0.0280. The lowest BCUT2D eigenvalue weighted by Crippen LogP contribution is -2.42. The average molecular weight is 372 g/mol. The Balaban J connectivity index is 1.58. The molecule has 1 fully saturated rings. The van der Waals surface area contributed by atoms with Crippen molar-refractivity contribution in [2.24, 2.45) is 0 Å². The molecule has 1 aromatic heterocycles. The summed E-state index contributed by atoms with van der Waals surface area (Å²) in [5, 5.41) is 10.9. The number of aromatic nitrogens is 1. The van der Waals surface area contributed by atoms with Crippen LogP contribution in [0.3, 0.4) is 0 Å². The Morgan fingerprint density at radius 1 is 1.11 bits per heavy atom. The van der Waals surface area contributed by atoms with Gasteiger partial charge in [0.25, 0.3) is 0 Å². The lowest BCUT2D eigenvalue weighted by Gasteiger charge is -2.38. The van der Waals surface area contributed by atoms with Crippen LogP contribution in [0.15, 0.2) is 42.7 Å². The molecule has 0 radical (unpaired) electrons. The van der Waals surface area contributed by atoms with Gasteiger partial charge >= 0.3 is 0 Å². The van der Waals surface area contributed by atoms with Gasteiger partial charge in [-0.15, -0.1) is 0 Å². The summed E-state index contributed by atoms with van der Waals surface area (Å²) in [6, 6.07) is 9.86. The van der Waals surface area contributed by atoms with Gasteiger partial charge in [-0.2, -0.15) is 0 Å². The molecule has 0 atom stereocenters. The van der Waals surface area contributed by atoms with Gasteiger partial charge in [-0.25, -0.2) is 0 Å². The van der Waals surface area contributed by atoms with Crippen molar-refractivity contribution in [1.82, 2.24) is 9.88 Å². The first kappa shape index (κ1) is 19.6. The summed E-state index contributed by atoms with van der Waals surface area (Å²) in [5.74, 6) is 1.45. The van der Waals surface area contributed by atoms with Crippen LogP contribution in [-0.4, -0.2) is 55.5 Å². The summed E-state index contributed by atoms with van der Waals surface area (Å²) in [7, 11) is 3.30. The molecule has 0 spiro atoms. The van der Waals surface area contributed by atoms with Crippen LogP contribution < -0.4 is 9.47 Å². The zero-order valence-electron chi connectivity index (χ0n) is 16.1. The monoisotopic (exact) mass is 372 g/mol. The summed E-state index contributed by atoms with van der Waals surface area (Å²) >= 11 is 0. The molecule has 3 rings (SSSR count). The number of pyridine rings is 1. The van der Waals surface area contributed by atoms with Crippen LogP contribution in [0.25, 0.3) is 0 Å². The third-order valence-electron chi connectivity index (χ3n) is 5.06. The molecular formula is C21H28N2O4. The second-order valence-electron chi connectivity index (χ2n) is 6.88. The van der Waals surface area contributed by atoms with E-state index in [0.29, 0.717) is 26.1 Å². The zero-order valence-corrected chi connectivity index (χ0v) is 16.1. The fourth-order valence-corrected chi connectivity index (χ4v) is 3.43. The van der Waals surface area contributed by atoms with E-state index in [-0.39, 0.29) is 0 Å². The molecule has 27 heavy (non-hydrogen) atoms. The van der Waals surface area contributed by atoms with Crippen molar-refractivity contribution in [3.05, 3.63) is 53.9 Å². The SMILES string of the molecule is COCCOc1ccc(CN2CCC(O)(c3cccnc3)CC2)cc1OC. The number of benzene rings is 1. The van der Waals surface area contributed by atoms with Gasteiger partial charge in [0.05, 0.1) is 19.3 Å². The van der Waals surface area contributed by atoms with Crippen LogP contribution in [0, 0.1) is 0 Å². The summed E-state index contributed by atoms with van der Waals surface area (Å²) in [6.07, 6.45) is 4.91. The molecule has 1 N–H and O–H groups in total. The smallest absolute Gasteiger partial charge is 0.161 e. The third kappa shape index (κ3) is 4.97. The van der Waals surface area contributed by atoms with E-state index >= 15 is 0 Å². The van der Waals surface area contributed by atoms with E-state index in [0.717, 1.165) is 42.3 Å². The van der Waals surface area contributed by atoms with Crippen molar-refractivity contribution < 1.29 is 19.3 Å². The number of nitrogens with zero attached hydrogens (tertiary/aromatic N) is 2. The molecule has 0 unspecified atom stereocenters. The summed E-state index contributed by atoms with van der Waals surface area (Å²) in [4.78, 5) is 6.49. The molecule has 6 nitrogen and oxygen atoms in total. The second-order valence-corrected chi connectivity index (χ2v) is 6.88. The number of ether oxygens (including phenoxy) is 3. The number of aliphatic hydroxyl groups is 1. The predicted molar refractivity (Wildman–Crippen MR) is 103 cm³/mol. The van der Waals surface area contributed by atoms with Gasteiger partial charge in [0, 0.05) is 44.7 Å². The molecular weight excluding hydrogens is 344 g/mol. The normalized spacial score (nSPS) is 16.9. The van der Waals surface area contributed by atoms with Gasteiger partial charge in [-0.1, -0.05) is 12.1 Å². The molecule has 2 aromatic rings. The van der Waals surface area contributed by atoms with Gasteiger partial charge in [-0.3, -0.25) is 9.88 Å². The van der Waals surface area contributed by atoms with E-state index in [2.05, 4.69) is 16.0 Å². The van der Waals surface area contributed by atoms with Gasteiger partial charge in [0.15, 0.2) is 11.5 Å². The lowest BCUT2D eigenvalue weighted by atomic mass is 9.85. The Labute approximate surface area is 160 Å². The van der Waals surface area contributed by atoms with Gasteiger partial charge in [0.2, 0.25) is 0 Å². The van der Waals surface area contributed by atoms with E-state index in [1.807, 2.05) is 24.3 Å². The molecule has 146 valence electrons. The van der Waals surface area contributed by atoms with E-state index in [1.54, 1.807) is 26.6 Å². The van der Waals surface area contributed by atoms with Crippen LogP contribution in [0.2, 0.25) is 0 Å². The van der Waals surface area contributed by atoms with Crippen LogP contribution in [0.1, 0.15) is 24.0 Å². The largest absolute Gasteiger partial charge is 0.493 e. The topological polar surface area (TPSA) is 64.1 Å². The second kappa shape index (κ2) is 9.17. The summed E-state index contributed by atoms with van der Waals surface area (Å²) in [5.41, 5.74) is 1.29. The van der Waals surface area contributed by atoms with Crippen molar-refractivity contribution in [2.75, 3.05) is 40.5 Å². The zero-order chi connectivity index (χ0) is 19.1. The Kier molecular flexibility index (Phi) is 6.66. The fourth-order valence-electron chi connectivity index (χ4n) is 3.43. The van der Waals surface area contributed by atoms with E-state index in [1.165, 1.54) is 0 Å². The minimum atomic E-state index is -0.776. The number of hydrogen-bond donors (Lipinski definition) is 1. The van der Waals surface area contributed by atoms with Crippen molar-refractivity contribution >= 4 is 0 Å². The quantitative estimate of drug-likeness (QED) is 0.719. The third-order valence-corrected chi connectivity index (χ3v) is 5.06. The van der Waals surface area contributed by atoms with Crippen molar-refractivity contribution in [1.29, 1.82) is 0 Å². The van der Waals surface area contributed by atoms with Crippen LogP contribution >= 0.6 is 0 Å². The highest BCUT2D eigenvalue weighted by atomic mass is 16.5. The number of piperidine rings is 1. The van der Waals surface area contributed by atoms with E-state index < -0.39 is 5.60 Å². The van der Waals surface area contributed by atoms with E-state index in [4.69, 9.17) is 14.2 Å². The van der Waals surface area contributed by atoms with Gasteiger partial charge in [-0.05, 0) is 36.6 Å². The first-order valence-corrected chi connectivity index (χ1v) is 9.28. The molecule has 6 heteroatoms. The average Bonchev–Trinajstić information content (AvgIpc) is 2.71. The molecule has 0 aliphatic carbocycles. The summed E-state index contributed by atoms with van der Waals surface area (Å²) < 4.78 is 16.2. The molecule has 1 aliphatic heterocycles. The van der Waals surface area contributed by atoms with Crippen LogP contribution in [0.5, 0.6) is 11.5 Å². The fraction of sp³-hybridized carbons (Fsp3) is 0.476. The van der Waals surface area contributed by atoms with Crippen molar-refractivity contribution in [3.8, 4) is 11.5 Å². The van der Waals surface area contributed by atoms with Gasteiger partial charge < -0.3 is 19.3 Å². The Morgan fingerprint density at radius 3 is 2.59 bits per heavy atom. The molecule has 2 heterocycles. The Hall–Kier alpha value is -2.15. The number of methoxy groups -OCH3 is 2. The van der Waals surface area contributed by atoms with Crippen LogP contribution in [-0.2, 0) is 16.9 Å². The minimum Gasteiger partial charge on any atom is -0.493 e. The van der Waals surface area contributed by atoms with Crippen molar-refractivity contribution in [2.45, 2.75) is 25.0 Å². The Bertz CT molecular complexity index is 715. The van der Waals surface area contributed by atoms with Gasteiger partial charge in [0.1, 0.15) is 6.61 Å². The maximum absolute atomic E-state index is 10.9. The van der Waals surface area contributed by atoms with E-state index in [9.17, 15) is 5.11 Å². The number of rotatable bonds is 8. The Morgan fingerprint density at radius 2 is 1.93 bits per heavy atom. The molecule has 0 saturated carbocycles. The minimum absolute atomic E-state index is 0.491.